The Hall–Kier alpha value is -5.61. The topological polar surface area (TPSA) is 288 Å². The molecule has 7 N–H and O–H groups in total. The number of aliphatic carboxylic acids is 3. The number of ketones is 2. The molecule has 0 radical (unpaired) electrons. The first-order valence-electron chi connectivity index (χ1n) is 17.2. The third kappa shape index (κ3) is 7.50. The molecular formula is C34H36FN6O13S2+. The number of hydrogen-bond donors (Lipinski definition) is 6. The van der Waals surface area contributed by atoms with Gasteiger partial charge in [0.25, 0.3) is 11.7 Å². The summed E-state index contributed by atoms with van der Waals surface area (Å²) in [5, 5.41) is 52.0. The van der Waals surface area contributed by atoms with Gasteiger partial charge in [0.05, 0.1) is 43.9 Å². The van der Waals surface area contributed by atoms with Crippen molar-refractivity contribution in [2.45, 2.75) is 55.4 Å². The molecular weight excluding hydrogens is 784 g/mol. The number of phenolic OH excluding ortho intramolecular Hbond substituents is 2. The van der Waals surface area contributed by atoms with Crippen LogP contribution in [0.5, 0.6) is 11.5 Å². The number of aromatic hydroxyl groups is 2. The Balaban J connectivity index is 1.19. The van der Waals surface area contributed by atoms with Crippen LogP contribution in [0.15, 0.2) is 33.9 Å². The van der Waals surface area contributed by atoms with Gasteiger partial charge in [-0.25, -0.2) is 19.0 Å². The second-order valence-electron chi connectivity index (χ2n) is 13.9. The SMILES string of the molecule is C[C@@H]1S[C@@H]2[C@H](CC(=O)/C(=N\O[C@@H](CC(=O)O)C(=O)O)c3csc(N)n3)C(=O)N2C(C(=O)O)=C1C[N@+]12CCC[C@H]1CN(C(=O)C(=O)c1cc(O)c(O)c(F)c1)CC2. The molecule has 2 amide bonds. The molecule has 6 atom stereocenters. The van der Waals surface area contributed by atoms with E-state index < -0.39 is 105 Å². The van der Waals surface area contributed by atoms with E-state index in [0.29, 0.717) is 35.6 Å². The maximum absolute atomic E-state index is 14.0. The predicted molar refractivity (Wildman–Crippen MR) is 192 cm³/mol. The minimum atomic E-state index is -1.94. The molecule has 4 aliphatic rings. The van der Waals surface area contributed by atoms with Crippen molar-refractivity contribution in [3.8, 4) is 11.5 Å². The minimum absolute atomic E-state index is 0.0344. The highest BCUT2D eigenvalue weighted by molar-refractivity contribution is 8.00. The number of carbonyl (C=O) groups is 7. The summed E-state index contributed by atoms with van der Waals surface area (Å²) in [6.45, 7) is 3.27. The number of benzene rings is 1. The van der Waals surface area contributed by atoms with Crippen molar-refractivity contribution in [3.05, 3.63) is 45.9 Å². The number of halogens is 1. The number of nitrogens with two attached hydrogens (primary N) is 1. The second-order valence-corrected chi connectivity index (χ2v) is 16.2. The van der Waals surface area contributed by atoms with Crippen molar-refractivity contribution < 1.29 is 72.8 Å². The van der Waals surface area contributed by atoms with Crippen molar-refractivity contribution >= 4 is 75.2 Å². The van der Waals surface area contributed by atoms with Crippen LogP contribution in [-0.2, 0) is 33.6 Å². The van der Waals surface area contributed by atoms with Crippen LogP contribution in [0.4, 0.5) is 9.52 Å². The standard InChI is InChI=1S/C34H35FN6O13S2/c1-14-18(12-41-5-2-3-16(41)11-39(4-6-41)30(49)27(46)15-7-19(35)28(47)22(43)8-15)26(33(52)53)40-29(48)17(31(40)56-14)9-21(42)25(20-13-55-34(36)37-20)38-54-23(32(50)51)10-24(44)45/h7-8,13-14,16-17,23,31H,2-6,9-12H2,1H3,(H6-,36,37,38,42,43,44,45,46,47,49,50,51,52,53)/p+1/t14-,16-,17+,23-,31+,41+/m0/s1. The molecule has 56 heavy (non-hydrogen) atoms. The zero-order valence-electron chi connectivity index (χ0n) is 29.5. The number of β-lactam (4-membered cyclic amide) rings is 1. The van der Waals surface area contributed by atoms with Crippen molar-refractivity contribution in [1.29, 1.82) is 0 Å². The number of carboxylic acids is 3. The van der Waals surface area contributed by atoms with Crippen LogP contribution in [0.3, 0.4) is 0 Å². The molecule has 1 aromatic carbocycles. The number of Topliss-reactive ketones (excluding diaryl/α,β-unsaturated/α-hetero) is 2. The van der Waals surface area contributed by atoms with E-state index in [9.17, 15) is 58.4 Å². The van der Waals surface area contributed by atoms with Crippen molar-refractivity contribution in [3.63, 3.8) is 0 Å². The number of fused-ring (bicyclic) bond motifs is 2. The number of thiazole rings is 1. The Labute approximate surface area is 324 Å². The molecule has 3 saturated heterocycles. The predicted octanol–water partition coefficient (Wildman–Crippen LogP) is 0.846. The molecule has 4 aliphatic heterocycles. The van der Waals surface area contributed by atoms with Crippen LogP contribution < -0.4 is 5.73 Å². The lowest BCUT2D eigenvalue weighted by Gasteiger charge is -2.53. The molecule has 3 fully saturated rings. The average Bonchev–Trinajstić information content (AvgIpc) is 3.77. The van der Waals surface area contributed by atoms with Crippen LogP contribution in [0.25, 0.3) is 0 Å². The number of anilines is 1. The highest BCUT2D eigenvalue weighted by Crippen LogP contribution is 2.49. The van der Waals surface area contributed by atoms with E-state index in [1.807, 2.05) is 0 Å². The minimum Gasteiger partial charge on any atom is -0.504 e. The van der Waals surface area contributed by atoms with Gasteiger partial charge in [0.2, 0.25) is 12.0 Å². The van der Waals surface area contributed by atoms with E-state index in [-0.39, 0.29) is 42.2 Å². The lowest BCUT2D eigenvalue weighted by atomic mass is 9.88. The summed E-state index contributed by atoms with van der Waals surface area (Å²) in [6.07, 6.45) is -2.00. The third-order valence-corrected chi connectivity index (χ3v) is 12.7. The number of phenols is 2. The number of aromatic nitrogens is 1. The summed E-state index contributed by atoms with van der Waals surface area (Å²) in [4.78, 5) is 100. The van der Waals surface area contributed by atoms with Gasteiger partial charge < -0.3 is 45.5 Å². The number of rotatable bonds is 14. The van der Waals surface area contributed by atoms with Crippen LogP contribution in [-0.4, -0.2) is 147 Å². The summed E-state index contributed by atoms with van der Waals surface area (Å²) in [5.41, 5.74) is 4.99. The molecule has 5 heterocycles. The van der Waals surface area contributed by atoms with Gasteiger partial charge in [-0.1, -0.05) is 5.16 Å². The van der Waals surface area contributed by atoms with Gasteiger partial charge in [-0.05, 0) is 19.1 Å². The lowest BCUT2D eigenvalue weighted by Crippen LogP contribution is -2.67. The maximum Gasteiger partial charge on any atom is 0.352 e. The summed E-state index contributed by atoms with van der Waals surface area (Å²) < 4.78 is 14.4. The van der Waals surface area contributed by atoms with Crippen molar-refractivity contribution in [1.82, 2.24) is 14.8 Å². The van der Waals surface area contributed by atoms with Gasteiger partial charge in [-0.2, -0.15) is 0 Å². The number of hydrogen-bond acceptors (Lipinski definition) is 15. The van der Waals surface area contributed by atoms with Gasteiger partial charge >= 0.3 is 17.9 Å². The van der Waals surface area contributed by atoms with Crippen molar-refractivity contribution in [2.24, 2.45) is 11.1 Å². The number of oxime groups is 1. The summed E-state index contributed by atoms with van der Waals surface area (Å²) in [7, 11) is 0. The first kappa shape index (κ1) is 40.1. The summed E-state index contributed by atoms with van der Waals surface area (Å²) in [5.74, 6) is -12.1. The van der Waals surface area contributed by atoms with Gasteiger partial charge in [-0.15, -0.1) is 23.1 Å². The zero-order chi connectivity index (χ0) is 40.8. The van der Waals surface area contributed by atoms with Crippen LogP contribution in [0, 0.1) is 11.7 Å². The van der Waals surface area contributed by atoms with E-state index in [2.05, 4.69) is 10.1 Å². The quantitative estimate of drug-likeness (QED) is 0.0293. The fourth-order valence-corrected chi connectivity index (χ4v) is 9.73. The smallest absolute Gasteiger partial charge is 0.352 e. The monoisotopic (exact) mass is 819 g/mol. The molecule has 6 rings (SSSR count). The molecule has 0 bridgehead atoms. The van der Waals surface area contributed by atoms with Crippen LogP contribution in [0.1, 0.15) is 48.7 Å². The first-order chi connectivity index (χ1) is 26.4. The van der Waals surface area contributed by atoms with E-state index in [0.717, 1.165) is 28.7 Å². The molecule has 0 unspecified atom stereocenters. The molecule has 0 aliphatic carbocycles. The average molecular weight is 820 g/mol. The maximum atomic E-state index is 14.0. The van der Waals surface area contributed by atoms with E-state index in [1.54, 1.807) is 6.92 Å². The van der Waals surface area contributed by atoms with Crippen LogP contribution >= 0.6 is 23.1 Å². The Morgan fingerprint density at radius 2 is 1.88 bits per heavy atom. The van der Waals surface area contributed by atoms with E-state index in [1.165, 1.54) is 22.0 Å². The van der Waals surface area contributed by atoms with E-state index in [4.69, 9.17) is 15.7 Å². The number of nitrogen functional groups attached to an aromatic ring is 1. The number of amides is 2. The van der Waals surface area contributed by atoms with Gasteiger partial charge in [0.1, 0.15) is 24.0 Å². The first-order valence-corrected chi connectivity index (χ1v) is 19.0. The molecule has 0 spiro atoms. The summed E-state index contributed by atoms with van der Waals surface area (Å²) in [6, 6.07) is 1.28. The Bertz CT molecular complexity index is 2080. The third-order valence-electron chi connectivity index (χ3n) is 10.5. The molecule has 0 saturated carbocycles. The molecule has 2 aromatic rings. The highest BCUT2D eigenvalue weighted by atomic mass is 32.2. The summed E-state index contributed by atoms with van der Waals surface area (Å²) >= 11 is 2.22. The Morgan fingerprint density at radius 3 is 2.50 bits per heavy atom. The molecule has 1 aromatic heterocycles. The normalized spacial score (nSPS) is 25.2. The molecule has 19 nitrogen and oxygen atoms in total. The molecule has 298 valence electrons. The van der Waals surface area contributed by atoms with Gasteiger partial charge in [-0.3, -0.25) is 28.9 Å². The fraction of sp³-hybridized carbons (Fsp3) is 0.441. The second kappa shape index (κ2) is 15.5. The van der Waals surface area contributed by atoms with Crippen LogP contribution in [0.2, 0.25) is 0 Å². The fourth-order valence-electron chi connectivity index (χ4n) is 7.68. The lowest BCUT2D eigenvalue weighted by molar-refractivity contribution is -0.938. The number of thioether (sulfide) groups is 1. The van der Waals surface area contributed by atoms with E-state index >= 15 is 0 Å². The Morgan fingerprint density at radius 1 is 1.14 bits per heavy atom. The van der Waals surface area contributed by atoms with Gasteiger partial charge in [0.15, 0.2) is 33.9 Å². The number of piperazine rings is 1. The number of quaternary nitrogens is 1. The van der Waals surface area contributed by atoms with Gasteiger partial charge in [0, 0.05) is 41.0 Å². The molecule has 22 heteroatoms. The highest BCUT2D eigenvalue weighted by Gasteiger charge is 2.57. The Kier molecular flexibility index (Phi) is 11.1. The largest absolute Gasteiger partial charge is 0.504 e. The number of carboxylic acid groups (broad SMARTS) is 3. The zero-order valence-corrected chi connectivity index (χ0v) is 31.1. The van der Waals surface area contributed by atoms with Crippen molar-refractivity contribution in [2.75, 3.05) is 38.5 Å². The number of carbonyl (C=O) groups excluding carboxylic acids is 4. The number of nitrogens with zero attached hydrogens (tertiary/aromatic N) is 5.